The molecule has 1 aliphatic rings. The Hall–Kier alpha value is -2.15. The minimum Gasteiger partial charge on any atom is -0.356 e. The number of aromatic nitrogens is 1. The SMILES string of the molecule is CCNC(=NCc1nccc2ccccc12)N1CCc2ccccc21.I. The predicted molar refractivity (Wildman–Crippen MR) is 119 cm³/mol. The lowest BCUT2D eigenvalue weighted by atomic mass is 10.1. The van der Waals surface area contributed by atoms with Gasteiger partial charge in [0, 0.05) is 30.4 Å². The fourth-order valence-electron chi connectivity index (χ4n) is 3.41. The maximum atomic E-state index is 4.88. The van der Waals surface area contributed by atoms with Gasteiger partial charge >= 0.3 is 0 Å². The van der Waals surface area contributed by atoms with E-state index in [0.29, 0.717) is 6.54 Å². The van der Waals surface area contributed by atoms with Crippen LogP contribution in [0.3, 0.4) is 0 Å². The van der Waals surface area contributed by atoms with Gasteiger partial charge in [-0.05, 0) is 36.4 Å². The van der Waals surface area contributed by atoms with Crippen LogP contribution in [-0.4, -0.2) is 24.0 Å². The monoisotopic (exact) mass is 458 g/mol. The van der Waals surface area contributed by atoms with Crippen molar-refractivity contribution in [3.63, 3.8) is 0 Å². The number of para-hydroxylation sites is 1. The number of pyridine rings is 1. The molecule has 4 nitrogen and oxygen atoms in total. The number of halogens is 1. The molecule has 5 heteroatoms. The normalized spacial score (nSPS) is 13.4. The highest BCUT2D eigenvalue weighted by atomic mass is 127. The van der Waals surface area contributed by atoms with Gasteiger partial charge in [-0.1, -0.05) is 42.5 Å². The summed E-state index contributed by atoms with van der Waals surface area (Å²) >= 11 is 0. The van der Waals surface area contributed by atoms with E-state index in [1.54, 1.807) is 0 Å². The molecule has 2 aromatic carbocycles. The molecule has 0 spiro atoms. The molecule has 0 fully saturated rings. The molecule has 4 rings (SSSR count). The molecule has 1 N–H and O–H groups in total. The third-order valence-corrected chi connectivity index (χ3v) is 4.61. The number of hydrogen-bond donors (Lipinski definition) is 1. The Bertz CT molecular complexity index is 917. The van der Waals surface area contributed by atoms with Gasteiger partial charge in [0.2, 0.25) is 0 Å². The van der Waals surface area contributed by atoms with Crippen molar-refractivity contribution < 1.29 is 0 Å². The Kier molecular flexibility index (Phi) is 6.08. The highest BCUT2D eigenvalue weighted by molar-refractivity contribution is 14.0. The zero-order chi connectivity index (χ0) is 17.1. The van der Waals surface area contributed by atoms with Gasteiger partial charge in [0.05, 0.1) is 12.2 Å². The largest absolute Gasteiger partial charge is 0.356 e. The minimum atomic E-state index is 0. The Morgan fingerprint density at radius 3 is 2.81 bits per heavy atom. The number of nitrogens with one attached hydrogen (secondary N) is 1. The van der Waals surface area contributed by atoms with E-state index in [1.807, 2.05) is 12.3 Å². The second-order valence-corrected chi connectivity index (χ2v) is 6.18. The summed E-state index contributed by atoms with van der Waals surface area (Å²) in [6, 6.07) is 19.0. The van der Waals surface area contributed by atoms with Crippen LogP contribution in [0.15, 0.2) is 65.8 Å². The highest BCUT2D eigenvalue weighted by Crippen LogP contribution is 2.27. The van der Waals surface area contributed by atoms with Crippen LogP contribution in [0.4, 0.5) is 5.69 Å². The summed E-state index contributed by atoms with van der Waals surface area (Å²) in [6.45, 7) is 4.49. The molecule has 0 amide bonds. The van der Waals surface area contributed by atoms with Gasteiger partial charge in [-0.3, -0.25) is 4.98 Å². The molecule has 1 aliphatic heterocycles. The van der Waals surface area contributed by atoms with Crippen LogP contribution in [0.1, 0.15) is 18.2 Å². The predicted octanol–water partition coefficient (Wildman–Crippen LogP) is 4.38. The van der Waals surface area contributed by atoms with E-state index in [1.165, 1.54) is 22.0 Å². The highest BCUT2D eigenvalue weighted by Gasteiger charge is 2.22. The Morgan fingerprint density at radius 2 is 1.92 bits per heavy atom. The Balaban J connectivity index is 0.00000196. The van der Waals surface area contributed by atoms with Crippen molar-refractivity contribution in [3.8, 4) is 0 Å². The van der Waals surface area contributed by atoms with Gasteiger partial charge in [-0.2, -0.15) is 0 Å². The van der Waals surface area contributed by atoms with Crippen LogP contribution in [0, 0.1) is 0 Å². The molecule has 1 aromatic heterocycles. The zero-order valence-corrected chi connectivity index (χ0v) is 17.2. The van der Waals surface area contributed by atoms with Crippen molar-refractivity contribution in [1.82, 2.24) is 10.3 Å². The summed E-state index contributed by atoms with van der Waals surface area (Å²) in [5, 5.41) is 5.81. The lowest BCUT2D eigenvalue weighted by molar-refractivity contribution is 0.876. The number of guanidine groups is 1. The first-order valence-corrected chi connectivity index (χ1v) is 8.83. The van der Waals surface area contributed by atoms with Crippen LogP contribution >= 0.6 is 24.0 Å². The smallest absolute Gasteiger partial charge is 0.198 e. The average molecular weight is 458 g/mol. The lowest BCUT2D eigenvalue weighted by Gasteiger charge is -2.22. The molecule has 3 aromatic rings. The number of benzene rings is 2. The Morgan fingerprint density at radius 1 is 1.12 bits per heavy atom. The molecule has 0 atom stereocenters. The van der Waals surface area contributed by atoms with Crippen molar-refractivity contribution >= 4 is 46.4 Å². The second kappa shape index (κ2) is 8.49. The van der Waals surface area contributed by atoms with E-state index in [0.717, 1.165) is 31.2 Å². The van der Waals surface area contributed by atoms with E-state index in [4.69, 9.17) is 4.99 Å². The zero-order valence-electron chi connectivity index (χ0n) is 14.9. The summed E-state index contributed by atoms with van der Waals surface area (Å²) in [5.41, 5.74) is 3.66. The number of rotatable bonds is 3. The van der Waals surface area contributed by atoms with Crippen LogP contribution in [-0.2, 0) is 13.0 Å². The Labute approximate surface area is 171 Å². The number of fused-ring (bicyclic) bond motifs is 2. The van der Waals surface area contributed by atoms with Gasteiger partial charge in [0.1, 0.15) is 0 Å². The molecule has 0 unspecified atom stereocenters. The molecule has 0 bridgehead atoms. The van der Waals surface area contributed by atoms with Crippen molar-refractivity contribution in [3.05, 3.63) is 72.1 Å². The maximum Gasteiger partial charge on any atom is 0.198 e. The molecule has 2 heterocycles. The molecular weight excluding hydrogens is 435 g/mol. The quantitative estimate of drug-likeness (QED) is 0.360. The fourth-order valence-corrected chi connectivity index (χ4v) is 3.41. The molecule has 26 heavy (non-hydrogen) atoms. The summed E-state index contributed by atoms with van der Waals surface area (Å²) in [6.07, 6.45) is 2.93. The summed E-state index contributed by atoms with van der Waals surface area (Å²) < 4.78 is 0. The second-order valence-electron chi connectivity index (χ2n) is 6.18. The number of aliphatic imine (C=N–C) groups is 1. The van der Waals surface area contributed by atoms with Gasteiger partial charge in [0.15, 0.2) is 5.96 Å². The van der Waals surface area contributed by atoms with Crippen LogP contribution in [0.2, 0.25) is 0 Å². The third-order valence-electron chi connectivity index (χ3n) is 4.61. The van der Waals surface area contributed by atoms with Crippen LogP contribution in [0.25, 0.3) is 10.8 Å². The van der Waals surface area contributed by atoms with Gasteiger partial charge in [-0.15, -0.1) is 24.0 Å². The van der Waals surface area contributed by atoms with E-state index >= 15 is 0 Å². The summed E-state index contributed by atoms with van der Waals surface area (Å²) in [7, 11) is 0. The summed E-state index contributed by atoms with van der Waals surface area (Å²) in [4.78, 5) is 11.7. The van der Waals surface area contributed by atoms with Gasteiger partial charge in [0.25, 0.3) is 0 Å². The van der Waals surface area contributed by atoms with Crippen LogP contribution in [0.5, 0.6) is 0 Å². The number of hydrogen-bond acceptors (Lipinski definition) is 2. The molecular formula is C21H23IN4. The molecule has 0 saturated carbocycles. The topological polar surface area (TPSA) is 40.5 Å². The maximum absolute atomic E-state index is 4.88. The van der Waals surface area contributed by atoms with Gasteiger partial charge < -0.3 is 10.2 Å². The number of nitrogens with zero attached hydrogens (tertiary/aromatic N) is 3. The van der Waals surface area contributed by atoms with E-state index < -0.39 is 0 Å². The van der Waals surface area contributed by atoms with Crippen molar-refractivity contribution in [2.45, 2.75) is 19.9 Å². The van der Waals surface area contributed by atoms with Gasteiger partial charge in [-0.25, -0.2) is 4.99 Å². The van der Waals surface area contributed by atoms with Crippen molar-refractivity contribution in [2.75, 3.05) is 18.0 Å². The first kappa shape index (κ1) is 18.6. The molecule has 0 saturated heterocycles. The first-order chi connectivity index (χ1) is 12.4. The van der Waals surface area contributed by atoms with Crippen molar-refractivity contribution in [2.24, 2.45) is 4.99 Å². The molecule has 134 valence electrons. The third kappa shape index (κ3) is 3.67. The van der Waals surface area contributed by atoms with E-state index in [2.05, 4.69) is 70.7 Å². The van der Waals surface area contributed by atoms with Crippen molar-refractivity contribution in [1.29, 1.82) is 0 Å². The fraction of sp³-hybridized carbons (Fsp3) is 0.238. The number of anilines is 1. The lowest BCUT2D eigenvalue weighted by Crippen LogP contribution is -2.40. The van der Waals surface area contributed by atoms with E-state index in [9.17, 15) is 0 Å². The molecule has 0 radical (unpaired) electrons. The summed E-state index contributed by atoms with van der Waals surface area (Å²) in [5.74, 6) is 0.933. The standard InChI is InChI=1S/C21H22N4.HI/c1-2-22-21(25-14-12-17-8-4-6-10-20(17)25)24-15-19-18-9-5-3-7-16(18)11-13-23-19;/h3-11,13H,2,12,14-15H2,1H3,(H,22,24);1H. The first-order valence-electron chi connectivity index (χ1n) is 8.83. The minimum absolute atomic E-state index is 0. The average Bonchev–Trinajstić information content (AvgIpc) is 3.09. The molecule has 0 aliphatic carbocycles. The van der Waals surface area contributed by atoms with Crippen LogP contribution < -0.4 is 10.2 Å². The van der Waals surface area contributed by atoms with E-state index in [-0.39, 0.29) is 24.0 Å².